The molecule has 66 valence electrons. The minimum absolute atomic E-state index is 0.100. The molecule has 3 heteroatoms. The third kappa shape index (κ3) is 2.10. The van der Waals surface area contributed by atoms with Crippen molar-refractivity contribution < 1.29 is 4.39 Å². The number of hydrogen-bond donors (Lipinski definition) is 0. The molecule has 12 heavy (non-hydrogen) atoms. The Morgan fingerprint density at radius 3 is 2.33 bits per heavy atom. The predicted molar refractivity (Wildman–Crippen MR) is 57.3 cm³/mol. The van der Waals surface area contributed by atoms with Crippen molar-refractivity contribution in [2.45, 2.75) is 14.8 Å². The summed E-state index contributed by atoms with van der Waals surface area (Å²) in [5, 5.41) is 0. The molecule has 1 aromatic heterocycles. The summed E-state index contributed by atoms with van der Waals surface area (Å²) >= 11 is -0.461. The Labute approximate surface area is 81.0 Å². The molecule has 0 aliphatic heterocycles. The van der Waals surface area contributed by atoms with Crippen LogP contribution in [0.2, 0.25) is 14.8 Å². The van der Waals surface area contributed by atoms with Gasteiger partial charge in [0.2, 0.25) is 0 Å². The quantitative estimate of drug-likeness (QED) is 0.735. The third-order valence-corrected chi connectivity index (χ3v) is 12.2. The normalized spacial score (nSPS) is 11.7. The maximum atomic E-state index is 13.1. The molecule has 0 fully saturated rings. The molecular formula is C9H13FSSn. The molecule has 1 rings (SSSR count). The predicted octanol–water partition coefficient (Wildman–Crippen LogP) is 3.08. The van der Waals surface area contributed by atoms with Gasteiger partial charge in [-0.3, -0.25) is 0 Å². The van der Waals surface area contributed by atoms with Crippen LogP contribution in [0.1, 0.15) is 4.88 Å². The third-order valence-electron chi connectivity index (χ3n) is 1.64. The van der Waals surface area contributed by atoms with Gasteiger partial charge in [0.15, 0.2) is 0 Å². The summed E-state index contributed by atoms with van der Waals surface area (Å²) in [6.45, 7) is 3.58. The molecule has 0 unspecified atom stereocenters. The SMILES string of the molecule is C=Cc1s[c]([Sn]([CH3])([CH3])[CH3])cc1F. The van der Waals surface area contributed by atoms with Crippen molar-refractivity contribution in [3.8, 4) is 0 Å². The van der Waals surface area contributed by atoms with Crippen LogP contribution in [0.5, 0.6) is 0 Å². The van der Waals surface area contributed by atoms with Gasteiger partial charge in [0.05, 0.1) is 0 Å². The summed E-state index contributed by atoms with van der Waals surface area (Å²) in [5.41, 5.74) is 0. The molecule has 0 N–H and O–H groups in total. The monoisotopic (exact) mass is 292 g/mol. The van der Waals surface area contributed by atoms with Crippen molar-refractivity contribution in [1.82, 2.24) is 0 Å². The first-order chi connectivity index (χ1) is 5.45. The molecule has 0 saturated carbocycles. The van der Waals surface area contributed by atoms with Crippen LogP contribution in [0.4, 0.5) is 4.39 Å². The Morgan fingerprint density at radius 1 is 1.50 bits per heavy atom. The van der Waals surface area contributed by atoms with Crippen molar-refractivity contribution in [3.05, 3.63) is 23.3 Å². The van der Waals surface area contributed by atoms with Gasteiger partial charge in [-0.2, -0.15) is 0 Å². The van der Waals surface area contributed by atoms with E-state index in [1.54, 1.807) is 23.5 Å². The van der Waals surface area contributed by atoms with E-state index in [1.807, 2.05) is 0 Å². The van der Waals surface area contributed by atoms with E-state index in [2.05, 4.69) is 21.4 Å². The molecule has 0 aliphatic rings. The second-order valence-corrected chi connectivity index (χ2v) is 20.3. The molecule has 0 saturated heterocycles. The van der Waals surface area contributed by atoms with Crippen LogP contribution >= 0.6 is 11.3 Å². The van der Waals surface area contributed by atoms with Crippen LogP contribution in [0.3, 0.4) is 0 Å². The van der Waals surface area contributed by atoms with Crippen molar-refractivity contribution in [2.24, 2.45) is 0 Å². The van der Waals surface area contributed by atoms with Crippen LogP contribution < -0.4 is 2.89 Å². The molecule has 1 aromatic rings. The average Bonchev–Trinajstić information content (AvgIpc) is 2.29. The van der Waals surface area contributed by atoms with Gasteiger partial charge in [0, 0.05) is 0 Å². The van der Waals surface area contributed by atoms with E-state index < -0.39 is 18.4 Å². The summed E-state index contributed by atoms with van der Waals surface area (Å²) in [4.78, 5) is 7.54. The summed E-state index contributed by atoms with van der Waals surface area (Å²) in [6, 6.07) is 1.69. The van der Waals surface area contributed by atoms with Gasteiger partial charge in [-0.05, 0) is 0 Å². The number of thiophene rings is 1. The van der Waals surface area contributed by atoms with E-state index in [0.29, 0.717) is 4.88 Å². The van der Waals surface area contributed by atoms with E-state index in [0.717, 1.165) is 0 Å². The van der Waals surface area contributed by atoms with E-state index in [9.17, 15) is 4.39 Å². The molecule has 0 radical (unpaired) electrons. The van der Waals surface area contributed by atoms with Crippen LogP contribution in [0.15, 0.2) is 12.6 Å². The zero-order valence-corrected chi connectivity index (χ0v) is 11.3. The summed E-state index contributed by atoms with van der Waals surface area (Å²) in [6.07, 6.45) is 1.60. The zero-order chi connectivity index (χ0) is 9.35. The number of hydrogen-bond acceptors (Lipinski definition) is 1. The van der Waals surface area contributed by atoms with Gasteiger partial charge in [-0.15, -0.1) is 0 Å². The number of rotatable bonds is 2. The Balaban J connectivity index is 3.13. The molecule has 0 atom stereocenters. The second kappa shape index (κ2) is 3.50. The summed E-state index contributed by atoms with van der Waals surface area (Å²) < 4.78 is 14.4. The zero-order valence-electron chi connectivity index (χ0n) is 7.65. The van der Waals surface area contributed by atoms with Crippen molar-refractivity contribution in [1.29, 1.82) is 0 Å². The summed E-state index contributed by atoms with van der Waals surface area (Å²) in [7, 11) is 0. The Hall–Kier alpha value is 0.169. The topological polar surface area (TPSA) is 0 Å². The molecule has 0 aliphatic carbocycles. The van der Waals surface area contributed by atoms with Gasteiger partial charge in [0.25, 0.3) is 0 Å². The fourth-order valence-corrected chi connectivity index (χ4v) is 7.00. The fourth-order valence-electron chi connectivity index (χ4n) is 0.892. The van der Waals surface area contributed by atoms with E-state index >= 15 is 0 Å². The van der Waals surface area contributed by atoms with Crippen molar-refractivity contribution >= 4 is 38.7 Å². The standard InChI is InChI=1S/C6H4FS.3CH3.Sn/c1-2-6-5(7)3-4-8-6;;;;/h2-3H,1H2;3*1H3;. The number of halogens is 1. The van der Waals surface area contributed by atoms with Gasteiger partial charge < -0.3 is 0 Å². The van der Waals surface area contributed by atoms with Gasteiger partial charge in [0.1, 0.15) is 0 Å². The van der Waals surface area contributed by atoms with Gasteiger partial charge in [-0.1, -0.05) is 0 Å². The Bertz CT molecular complexity index is 296. The molecule has 0 spiro atoms. The Kier molecular flexibility index (Phi) is 2.99. The summed E-state index contributed by atoms with van der Waals surface area (Å²) in [5.74, 6) is -0.100. The van der Waals surface area contributed by atoms with Crippen LogP contribution in [-0.4, -0.2) is 18.4 Å². The van der Waals surface area contributed by atoms with Gasteiger partial charge >= 0.3 is 81.2 Å². The second-order valence-electron chi connectivity index (χ2n) is 3.78. The minimum atomic E-state index is -2.03. The Morgan fingerprint density at radius 2 is 2.08 bits per heavy atom. The first kappa shape index (κ1) is 10.3. The molecule has 1 heterocycles. The maximum absolute atomic E-state index is 13.1. The molecule has 0 amide bonds. The van der Waals surface area contributed by atoms with Crippen LogP contribution in [0, 0.1) is 5.82 Å². The first-order valence-electron chi connectivity index (χ1n) is 3.87. The first-order valence-corrected chi connectivity index (χ1v) is 14.7. The van der Waals surface area contributed by atoms with E-state index in [4.69, 9.17) is 0 Å². The molecular weight excluding hydrogens is 278 g/mol. The van der Waals surface area contributed by atoms with Crippen LogP contribution in [0.25, 0.3) is 6.08 Å². The molecule has 0 bridgehead atoms. The fraction of sp³-hybridized carbons (Fsp3) is 0.333. The average molecular weight is 291 g/mol. The van der Waals surface area contributed by atoms with Crippen LogP contribution in [-0.2, 0) is 0 Å². The van der Waals surface area contributed by atoms with E-state index in [-0.39, 0.29) is 5.82 Å². The van der Waals surface area contributed by atoms with Crippen molar-refractivity contribution in [2.75, 3.05) is 0 Å². The van der Waals surface area contributed by atoms with Gasteiger partial charge in [-0.25, -0.2) is 0 Å². The molecule has 0 nitrogen and oxygen atoms in total. The molecule has 0 aromatic carbocycles. The van der Waals surface area contributed by atoms with E-state index in [1.165, 1.54) is 2.89 Å². The van der Waals surface area contributed by atoms with Crippen molar-refractivity contribution in [3.63, 3.8) is 0 Å².